The van der Waals surface area contributed by atoms with Crippen molar-refractivity contribution in [2.45, 2.75) is 32.9 Å². The molecule has 0 atom stereocenters. The number of aliphatic hydroxyl groups is 1. The summed E-state index contributed by atoms with van der Waals surface area (Å²) in [7, 11) is 0. The van der Waals surface area contributed by atoms with E-state index in [4.69, 9.17) is 5.11 Å². The molecule has 0 saturated carbocycles. The zero-order valence-electron chi connectivity index (χ0n) is 9.33. The van der Waals surface area contributed by atoms with Crippen molar-refractivity contribution in [3.63, 3.8) is 0 Å². The maximum Gasteiger partial charge on any atom is 0.121 e. The number of hydrogen-bond acceptors (Lipinski definition) is 3. The Morgan fingerprint density at radius 1 is 1.33 bits per heavy atom. The Morgan fingerprint density at radius 2 is 2.07 bits per heavy atom. The van der Waals surface area contributed by atoms with Crippen LogP contribution in [0.4, 0.5) is 0 Å². The van der Waals surface area contributed by atoms with Crippen molar-refractivity contribution < 1.29 is 10.2 Å². The third-order valence-electron chi connectivity index (χ3n) is 2.29. The molecule has 1 rings (SSSR count). The fourth-order valence-electron chi connectivity index (χ4n) is 1.40. The molecular formula is C12H19NO2. The third-order valence-corrected chi connectivity index (χ3v) is 2.29. The van der Waals surface area contributed by atoms with E-state index < -0.39 is 0 Å². The Labute approximate surface area is 90.8 Å². The van der Waals surface area contributed by atoms with Crippen LogP contribution in [0.5, 0.6) is 5.75 Å². The molecule has 0 aliphatic rings. The lowest BCUT2D eigenvalue weighted by molar-refractivity contribution is 0.275. The summed E-state index contributed by atoms with van der Waals surface area (Å²) in [5.41, 5.74) is 1.66. The second-order valence-corrected chi connectivity index (χ2v) is 3.98. The Kier molecular flexibility index (Phi) is 4.59. The molecule has 0 amide bonds. The lowest BCUT2D eigenvalue weighted by Gasteiger charge is -2.09. The molecule has 1 aromatic rings. The Bertz CT molecular complexity index is 310. The second-order valence-electron chi connectivity index (χ2n) is 3.98. The van der Waals surface area contributed by atoms with Crippen molar-refractivity contribution in [3.05, 3.63) is 29.3 Å². The number of rotatable bonds is 5. The quantitative estimate of drug-likeness (QED) is 0.687. The van der Waals surface area contributed by atoms with E-state index in [1.165, 1.54) is 0 Å². The summed E-state index contributed by atoms with van der Waals surface area (Å²) >= 11 is 0. The lowest BCUT2D eigenvalue weighted by atomic mass is 10.1. The first-order valence-corrected chi connectivity index (χ1v) is 5.28. The van der Waals surface area contributed by atoms with Crippen molar-refractivity contribution in [2.75, 3.05) is 6.54 Å². The molecule has 1 aromatic carbocycles. The van der Waals surface area contributed by atoms with Gasteiger partial charge in [-0.1, -0.05) is 26.0 Å². The molecule has 0 unspecified atom stereocenters. The summed E-state index contributed by atoms with van der Waals surface area (Å²) in [6.07, 6.45) is 0.886. The predicted molar refractivity (Wildman–Crippen MR) is 60.9 cm³/mol. The van der Waals surface area contributed by atoms with Crippen LogP contribution >= 0.6 is 0 Å². The average Bonchev–Trinajstić information content (AvgIpc) is 2.17. The topological polar surface area (TPSA) is 52.5 Å². The molecular weight excluding hydrogens is 190 g/mol. The minimum Gasteiger partial charge on any atom is -0.508 e. The monoisotopic (exact) mass is 209 g/mol. The van der Waals surface area contributed by atoms with Gasteiger partial charge in [0.25, 0.3) is 0 Å². The number of aliphatic hydroxyl groups excluding tert-OH is 1. The van der Waals surface area contributed by atoms with Crippen molar-refractivity contribution in [1.29, 1.82) is 0 Å². The molecule has 0 fully saturated rings. The smallest absolute Gasteiger partial charge is 0.121 e. The Hall–Kier alpha value is -1.06. The van der Waals surface area contributed by atoms with E-state index in [-0.39, 0.29) is 12.4 Å². The molecule has 0 aliphatic heterocycles. The average molecular weight is 209 g/mol. The molecule has 0 aromatic heterocycles. The summed E-state index contributed by atoms with van der Waals surface area (Å²) in [4.78, 5) is 0. The van der Waals surface area contributed by atoms with Gasteiger partial charge in [0.1, 0.15) is 5.75 Å². The van der Waals surface area contributed by atoms with Gasteiger partial charge in [-0.05, 0) is 24.6 Å². The van der Waals surface area contributed by atoms with Gasteiger partial charge in [-0.15, -0.1) is 0 Å². The van der Waals surface area contributed by atoms with Gasteiger partial charge >= 0.3 is 0 Å². The van der Waals surface area contributed by atoms with Crippen LogP contribution in [-0.4, -0.2) is 22.8 Å². The van der Waals surface area contributed by atoms with Crippen LogP contribution in [0.2, 0.25) is 0 Å². The molecule has 0 radical (unpaired) electrons. The van der Waals surface area contributed by atoms with E-state index in [0.717, 1.165) is 18.5 Å². The minimum absolute atomic E-state index is 0.115. The summed E-state index contributed by atoms with van der Waals surface area (Å²) in [5.74, 6) is 0.180. The highest BCUT2D eigenvalue weighted by molar-refractivity contribution is 5.36. The van der Waals surface area contributed by atoms with E-state index in [1.807, 2.05) is 6.07 Å². The first kappa shape index (κ1) is 12.0. The molecule has 3 N–H and O–H groups in total. The number of aromatic hydroxyl groups is 1. The van der Waals surface area contributed by atoms with Gasteiger partial charge in [0.2, 0.25) is 0 Å². The van der Waals surface area contributed by atoms with Gasteiger partial charge in [0, 0.05) is 11.6 Å². The van der Waals surface area contributed by atoms with Crippen molar-refractivity contribution in [2.24, 2.45) is 0 Å². The molecule has 0 aliphatic carbocycles. The molecule has 0 bridgehead atoms. The predicted octanol–water partition coefficient (Wildman–Crippen LogP) is 1.42. The van der Waals surface area contributed by atoms with Crippen LogP contribution in [0.25, 0.3) is 0 Å². The van der Waals surface area contributed by atoms with E-state index >= 15 is 0 Å². The summed E-state index contributed by atoms with van der Waals surface area (Å²) in [6, 6.07) is 5.90. The van der Waals surface area contributed by atoms with Crippen LogP contribution in [-0.2, 0) is 13.0 Å². The second kappa shape index (κ2) is 5.73. The van der Waals surface area contributed by atoms with Crippen LogP contribution in [0, 0.1) is 0 Å². The Balaban J connectivity index is 2.52. The standard InChI is InChI=1S/C12H19NO2/c1-9(2)13-6-5-10-3-4-11(8-14)12(15)7-10/h3-4,7,9,13-15H,5-6,8H2,1-2H3. The highest BCUT2D eigenvalue weighted by atomic mass is 16.3. The minimum atomic E-state index is -0.115. The van der Waals surface area contributed by atoms with Gasteiger partial charge < -0.3 is 15.5 Å². The molecule has 0 heterocycles. The lowest BCUT2D eigenvalue weighted by Crippen LogP contribution is -2.24. The zero-order valence-corrected chi connectivity index (χ0v) is 9.33. The van der Waals surface area contributed by atoms with Crippen LogP contribution in [0.1, 0.15) is 25.0 Å². The van der Waals surface area contributed by atoms with Crippen molar-refractivity contribution in [1.82, 2.24) is 5.32 Å². The molecule has 15 heavy (non-hydrogen) atoms. The fourth-order valence-corrected chi connectivity index (χ4v) is 1.40. The van der Waals surface area contributed by atoms with Gasteiger partial charge in [0.15, 0.2) is 0 Å². The van der Waals surface area contributed by atoms with Gasteiger partial charge in [-0.2, -0.15) is 0 Å². The Morgan fingerprint density at radius 3 is 2.60 bits per heavy atom. The molecule has 0 spiro atoms. The first-order chi connectivity index (χ1) is 7.13. The summed E-state index contributed by atoms with van der Waals surface area (Å²) in [6.45, 7) is 4.99. The SMILES string of the molecule is CC(C)NCCc1ccc(CO)c(O)c1. The van der Waals surface area contributed by atoms with Gasteiger partial charge in [0.05, 0.1) is 6.61 Å². The molecule has 84 valence electrons. The number of nitrogens with one attached hydrogen (secondary N) is 1. The molecule has 3 heteroatoms. The van der Waals surface area contributed by atoms with Crippen molar-refractivity contribution in [3.8, 4) is 5.75 Å². The third kappa shape index (κ3) is 3.90. The summed E-state index contributed by atoms with van der Waals surface area (Å²) < 4.78 is 0. The highest BCUT2D eigenvalue weighted by Gasteiger charge is 2.01. The van der Waals surface area contributed by atoms with Crippen LogP contribution in [0.15, 0.2) is 18.2 Å². The van der Waals surface area contributed by atoms with E-state index in [1.54, 1.807) is 12.1 Å². The van der Waals surface area contributed by atoms with Crippen LogP contribution < -0.4 is 5.32 Å². The van der Waals surface area contributed by atoms with E-state index in [9.17, 15) is 5.11 Å². The maximum absolute atomic E-state index is 9.52. The fraction of sp³-hybridized carbons (Fsp3) is 0.500. The van der Waals surface area contributed by atoms with E-state index in [0.29, 0.717) is 11.6 Å². The largest absolute Gasteiger partial charge is 0.508 e. The normalized spacial score (nSPS) is 10.9. The maximum atomic E-state index is 9.52. The summed E-state index contributed by atoms with van der Waals surface area (Å²) in [5, 5.41) is 21.7. The molecule has 3 nitrogen and oxygen atoms in total. The van der Waals surface area contributed by atoms with Gasteiger partial charge in [-0.3, -0.25) is 0 Å². The number of hydrogen-bond donors (Lipinski definition) is 3. The van der Waals surface area contributed by atoms with E-state index in [2.05, 4.69) is 19.2 Å². The zero-order chi connectivity index (χ0) is 11.3. The molecule has 0 saturated heterocycles. The first-order valence-electron chi connectivity index (χ1n) is 5.28. The van der Waals surface area contributed by atoms with Gasteiger partial charge in [-0.25, -0.2) is 0 Å². The number of benzene rings is 1. The van der Waals surface area contributed by atoms with Crippen LogP contribution in [0.3, 0.4) is 0 Å². The van der Waals surface area contributed by atoms with Crippen molar-refractivity contribution >= 4 is 0 Å². The number of phenols is 1. The highest BCUT2D eigenvalue weighted by Crippen LogP contribution is 2.18.